The van der Waals surface area contributed by atoms with Gasteiger partial charge in [-0.2, -0.15) is 0 Å². The number of hydrogen-bond donors (Lipinski definition) is 2. The number of halogens is 1. The van der Waals surface area contributed by atoms with Gasteiger partial charge < -0.3 is 19.2 Å². The Balaban J connectivity index is 1.60. The summed E-state index contributed by atoms with van der Waals surface area (Å²) in [4.78, 5) is 12.2. The van der Waals surface area contributed by atoms with Crippen LogP contribution in [0.2, 0.25) is 5.02 Å². The summed E-state index contributed by atoms with van der Waals surface area (Å²) in [6, 6.07) is 16.1. The van der Waals surface area contributed by atoms with E-state index >= 15 is 0 Å². The summed E-state index contributed by atoms with van der Waals surface area (Å²) >= 11 is 11.1. The van der Waals surface area contributed by atoms with Crippen LogP contribution < -0.4 is 20.1 Å². The molecule has 6 nitrogen and oxygen atoms in total. The Hall–Kier alpha value is -3.29. The van der Waals surface area contributed by atoms with Crippen LogP contribution in [-0.4, -0.2) is 25.2 Å². The van der Waals surface area contributed by atoms with E-state index in [0.29, 0.717) is 33.7 Å². The predicted molar refractivity (Wildman–Crippen MR) is 122 cm³/mol. The molecule has 0 unspecified atom stereocenters. The van der Waals surface area contributed by atoms with Crippen molar-refractivity contribution < 1.29 is 18.7 Å². The lowest BCUT2D eigenvalue weighted by molar-refractivity contribution is -0.115. The monoisotopic (exact) mass is 442 g/mol. The first-order valence-electron chi connectivity index (χ1n) is 8.86. The first-order chi connectivity index (χ1) is 14.5. The number of thiocarbonyl (C=S) groups is 1. The normalized spacial score (nSPS) is 10.6. The van der Waals surface area contributed by atoms with E-state index in [-0.39, 0.29) is 5.11 Å². The highest BCUT2D eigenvalue weighted by atomic mass is 35.5. The molecular weight excluding hydrogens is 424 g/mol. The number of benzene rings is 2. The van der Waals surface area contributed by atoms with Crippen LogP contribution in [0.5, 0.6) is 11.5 Å². The standard InChI is InChI=1S/C22H19ClN2O4S/c1-27-17-8-11-20(28-2)18(13-17)24-22(30)25-21(26)12-9-16-7-10-19(29-16)14-3-5-15(23)6-4-14/h3-13H,1-2H3,(H2,24,25,26,30). The molecule has 0 saturated carbocycles. The lowest BCUT2D eigenvalue weighted by Gasteiger charge is -2.13. The lowest BCUT2D eigenvalue weighted by Crippen LogP contribution is -2.32. The highest BCUT2D eigenvalue weighted by Gasteiger charge is 2.09. The van der Waals surface area contributed by atoms with Crippen molar-refractivity contribution in [3.63, 3.8) is 0 Å². The van der Waals surface area contributed by atoms with Crippen molar-refractivity contribution >= 4 is 46.6 Å². The van der Waals surface area contributed by atoms with Gasteiger partial charge >= 0.3 is 0 Å². The van der Waals surface area contributed by atoms with E-state index < -0.39 is 5.91 Å². The minimum absolute atomic E-state index is 0.123. The Morgan fingerprint density at radius 1 is 1.07 bits per heavy atom. The van der Waals surface area contributed by atoms with E-state index in [1.54, 1.807) is 56.7 Å². The highest BCUT2D eigenvalue weighted by molar-refractivity contribution is 7.80. The third kappa shape index (κ3) is 5.62. The van der Waals surface area contributed by atoms with Crippen LogP contribution in [0.1, 0.15) is 5.76 Å². The van der Waals surface area contributed by atoms with Gasteiger partial charge in [0.15, 0.2) is 5.11 Å². The molecule has 154 valence electrons. The van der Waals surface area contributed by atoms with Gasteiger partial charge in [0.1, 0.15) is 23.0 Å². The van der Waals surface area contributed by atoms with Crippen molar-refractivity contribution in [1.82, 2.24) is 5.32 Å². The van der Waals surface area contributed by atoms with Crippen molar-refractivity contribution in [3.05, 3.63) is 71.5 Å². The number of ether oxygens (including phenoxy) is 2. The highest BCUT2D eigenvalue weighted by Crippen LogP contribution is 2.29. The molecule has 0 fully saturated rings. The van der Waals surface area contributed by atoms with E-state index in [1.165, 1.54) is 6.08 Å². The van der Waals surface area contributed by atoms with Crippen molar-refractivity contribution in [2.75, 3.05) is 19.5 Å². The number of furan rings is 1. The molecule has 3 rings (SSSR count). The SMILES string of the molecule is COc1ccc(OC)c(NC(=S)NC(=O)C=Cc2ccc(-c3ccc(Cl)cc3)o2)c1. The third-order valence-electron chi connectivity index (χ3n) is 4.05. The maximum Gasteiger partial charge on any atom is 0.250 e. The first kappa shape index (κ1) is 21.4. The molecule has 0 aliphatic rings. The molecule has 3 aromatic rings. The maximum absolute atomic E-state index is 12.2. The topological polar surface area (TPSA) is 72.7 Å². The molecule has 0 radical (unpaired) electrons. The summed E-state index contributed by atoms with van der Waals surface area (Å²) < 4.78 is 16.2. The van der Waals surface area contributed by atoms with Gasteiger partial charge in [-0.1, -0.05) is 11.6 Å². The van der Waals surface area contributed by atoms with Gasteiger partial charge in [0.25, 0.3) is 0 Å². The van der Waals surface area contributed by atoms with Crippen LogP contribution >= 0.6 is 23.8 Å². The van der Waals surface area contributed by atoms with Crippen molar-refractivity contribution in [1.29, 1.82) is 0 Å². The molecule has 1 heterocycles. The fraction of sp³-hybridized carbons (Fsp3) is 0.0909. The number of carbonyl (C=O) groups excluding carboxylic acids is 1. The predicted octanol–water partition coefficient (Wildman–Crippen LogP) is 5.14. The number of carbonyl (C=O) groups is 1. The molecule has 0 spiro atoms. The summed E-state index contributed by atoms with van der Waals surface area (Å²) in [5, 5.41) is 6.27. The molecule has 0 aliphatic heterocycles. The zero-order valence-corrected chi connectivity index (χ0v) is 17.8. The third-order valence-corrected chi connectivity index (χ3v) is 4.50. The molecule has 0 atom stereocenters. The fourth-order valence-corrected chi connectivity index (χ4v) is 2.92. The number of nitrogens with one attached hydrogen (secondary N) is 2. The second-order valence-electron chi connectivity index (χ2n) is 6.05. The molecular formula is C22H19ClN2O4S. The molecule has 1 amide bonds. The average molecular weight is 443 g/mol. The second kappa shape index (κ2) is 9.96. The van der Waals surface area contributed by atoms with Crippen LogP contribution in [0.4, 0.5) is 5.69 Å². The van der Waals surface area contributed by atoms with E-state index in [1.807, 2.05) is 18.2 Å². The maximum atomic E-state index is 12.2. The number of anilines is 1. The summed E-state index contributed by atoms with van der Waals surface area (Å²) in [6.07, 6.45) is 2.89. The molecule has 1 aromatic heterocycles. The minimum atomic E-state index is -0.404. The van der Waals surface area contributed by atoms with Crippen LogP contribution in [0, 0.1) is 0 Å². The number of rotatable bonds is 6. The van der Waals surface area contributed by atoms with E-state index in [4.69, 9.17) is 37.7 Å². The zero-order chi connectivity index (χ0) is 21.5. The van der Waals surface area contributed by atoms with Crippen LogP contribution in [0.25, 0.3) is 17.4 Å². The zero-order valence-electron chi connectivity index (χ0n) is 16.3. The molecule has 0 bridgehead atoms. The van der Waals surface area contributed by atoms with Crippen molar-refractivity contribution in [2.45, 2.75) is 0 Å². The van der Waals surface area contributed by atoms with Gasteiger partial charge in [-0.15, -0.1) is 0 Å². The van der Waals surface area contributed by atoms with Gasteiger partial charge in [0.05, 0.1) is 19.9 Å². The Bertz CT molecular complexity index is 1080. The van der Waals surface area contributed by atoms with Crippen molar-refractivity contribution in [2.24, 2.45) is 0 Å². The summed E-state index contributed by atoms with van der Waals surface area (Å²) in [5.74, 6) is 1.99. The number of methoxy groups -OCH3 is 2. The van der Waals surface area contributed by atoms with Gasteiger partial charge in [-0.05, 0) is 66.8 Å². The Morgan fingerprint density at radius 3 is 2.53 bits per heavy atom. The lowest BCUT2D eigenvalue weighted by atomic mass is 10.2. The smallest absolute Gasteiger partial charge is 0.250 e. The molecule has 2 N–H and O–H groups in total. The molecule has 2 aromatic carbocycles. The summed E-state index contributed by atoms with van der Waals surface area (Å²) in [7, 11) is 3.10. The van der Waals surface area contributed by atoms with Crippen molar-refractivity contribution in [3.8, 4) is 22.8 Å². The van der Waals surface area contributed by atoms with Crippen LogP contribution in [-0.2, 0) is 4.79 Å². The van der Waals surface area contributed by atoms with Crippen LogP contribution in [0.15, 0.2) is 65.1 Å². The second-order valence-corrected chi connectivity index (χ2v) is 6.90. The van der Waals surface area contributed by atoms with Gasteiger partial charge in [0, 0.05) is 22.7 Å². The summed E-state index contributed by atoms with van der Waals surface area (Å²) in [5.41, 5.74) is 1.46. The molecule has 0 saturated heterocycles. The quantitative estimate of drug-likeness (QED) is 0.406. The fourth-order valence-electron chi connectivity index (χ4n) is 2.59. The van der Waals surface area contributed by atoms with Crippen LogP contribution in [0.3, 0.4) is 0 Å². The van der Waals surface area contributed by atoms with E-state index in [9.17, 15) is 4.79 Å². The average Bonchev–Trinajstić information content (AvgIpc) is 3.21. The number of amides is 1. The largest absolute Gasteiger partial charge is 0.497 e. The minimum Gasteiger partial charge on any atom is -0.497 e. The Labute approximate surface area is 184 Å². The Morgan fingerprint density at radius 2 is 1.83 bits per heavy atom. The molecule has 8 heteroatoms. The molecule has 0 aliphatic carbocycles. The van der Waals surface area contributed by atoms with Gasteiger partial charge in [-0.25, -0.2) is 0 Å². The van der Waals surface area contributed by atoms with E-state index in [0.717, 1.165) is 5.56 Å². The van der Waals surface area contributed by atoms with Gasteiger partial charge in [-0.3, -0.25) is 10.1 Å². The Kier molecular flexibility index (Phi) is 7.11. The first-order valence-corrected chi connectivity index (χ1v) is 9.65. The summed E-state index contributed by atoms with van der Waals surface area (Å²) in [6.45, 7) is 0. The van der Waals surface area contributed by atoms with E-state index in [2.05, 4.69) is 10.6 Å². The number of hydrogen-bond acceptors (Lipinski definition) is 5. The molecule has 30 heavy (non-hydrogen) atoms. The van der Waals surface area contributed by atoms with Gasteiger partial charge in [0.2, 0.25) is 5.91 Å².